The smallest absolute Gasteiger partial charge is 0.122 e. The lowest BCUT2D eigenvalue weighted by atomic mass is 9.98. The normalized spacial score (nSPS) is 12.0. The van der Waals surface area contributed by atoms with Crippen LogP contribution in [0.3, 0.4) is 0 Å². The van der Waals surface area contributed by atoms with Crippen LogP contribution in [-0.2, 0) is 0 Å². The van der Waals surface area contributed by atoms with Gasteiger partial charge >= 0.3 is 0 Å². The Morgan fingerprint density at radius 3 is 2.24 bits per heavy atom. The second kappa shape index (κ2) is 7.16. The fraction of sp³-hybridized carbons (Fsp3) is 0.250. The van der Waals surface area contributed by atoms with E-state index in [1.54, 1.807) is 14.2 Å². The predicted molar refractivity (Wildman–Crippen MR) is 89.6 cm³/mol. The number of hydrogen-bond acceptors (Lipinski definition) is 3. The quantitative estimate of drug-likeness (QED) is 0.844. The lowest BCUT2D eigenvalue weighted by Crippen LogP contribution is -2.18. The highest BCUT2D eigenvalue weighted by molar-refractivity contribution is 9.10. The summed E-state index contributed by atoms with van der Waals surface area (Å²) in [7, 11) is 5.17. The average Bonchev–Trinajstić information content (AvgIpc) is 2.51. The molecule has 0 spiro atoms. The maximum Gasteiger partial charge on any atom is 0.122 e. The van der Waals surface area contributed by atoms with E-state index in [1.165, 1.54) is 0 Å². The fourth-order valence-corrected chi connectivity index (χ4v) is 2.86. The molecule has 2 aromatic carbocycles. The lowest BCUT2D eigenvalue weighted by molar-refractivity contribution is 0.392. The molecule has 2 rings (SSSR count). The van der Waals surface area contributed by atoms with E-state index >= 15 is 0 Å². The van der Waals surface area contributed by atoms with Crippen LogP contribution in [0.1, 0.15) is 17.2 Å². The second-order valence-electron chi connectivity index (χ2n) is 4.51. The molecule has 1 atom stereocenters. The molecule has 1 unspecified atom stereocenters. The molecule has 0 bridgehead atoms. The highest BCUT2D eigenvalue weighted by Crippen LogP contribution is 2.35. The number of nitrogens with one attached hydrogen (secondary N) is 1. The van der Waals surface area contributed by atoms with Gasteiger partial charge in [-0.1, -0.05) is 23.7 Å². The van der Waals surface area contributed by atoms with Crippen molar-refractivity contribution in [3.63, 3.8) is 0 Å². The van der Waals surface area contributed by atoms with Crippen LogP contribution in [0, 0.1) is 0 Å². The van der Waals surface area contributed by atoms with Crippen molar-refractivity contribution in [1.82, 2.24) is 5.32 Å². The molecule has 21 heavy (non-hydrogen) atoms. The largest absolute Gasteiger partial charge is 0.497 e. The highest BCUT2D eigenvalue weighted by atomic mass is 79.9. The number of hydrogen-bond donors (Lipinski definition) is 1. The summed E-state index contributed by atoms with van der Waals surface area (Å²) in [6.07, 6.45) is 0. The van der Waals surface area contributed by atoms with Gasteiger partial charge in [0.15, 0.2) is 0 Å². The second-order valence-corrected chi connectivity index (χ2v) is 5.74. The number of rotatable bonds is 5. The van der Waals surface area contributed by atoms with Gasteiger partial charge in [0.05, 0.1) is 25.3 Å². The molecular weight excluding hydrogens is 354 g/mol. The molecule has 0 radical (unpaired) electrons. The van der Waals surface area contributed by atoms with Crippen molar-refractivity contribution in [3.8, 4) is 11.5 Å². The maximum atomic E-state index is 6.41. The molecular formula is C16H17BrClNO2. The van der Waals surface area contributed by atoms with Gasteiger partial charge < -0.3 is 14.8 Å². The van der Waals surface area contributed by atoms with E-state index in [1.807, 2.05) is 43.4 Å². The zero-order valence-corrected chi connectivity index (χ0v) is 14.5. The van der Waals surface area contributed by atoms with E-state index in [0.29, 0.717) is 5.02 Å². The summed E-state index contributed by atoms with van der Waals surface area (Å²) in [6.45, 7) is 0. The maximum absolute atomic E-state index is 6.41. The first-order valence-electron chi connectivity index (χ1n) is 6.44. The summed E-state index contributed by atoms with van der Waals surface area (Å²) in [5.74, 6) is 1.49. The van der Waals surface area contributed by atoms with Crippen molar-refractivity contribution in [2.75, 3.05) is 21.3 Å². The van der Waals surface area contributed by atoms with Crippen molar-refractivity contribution >= 4 is 27.5 Å². The van der Waals surface area contributed by atoms with Crippen LogP contribution in [0.4, 0.5) is 0 Å². The van der Waals surface area contributed by atoms with E-state index in [-0.39, 0.29) is 6.04 Å². The van der Waals surface area contributed by atoms with E-state index in [0.717, 1.165) is 27.1 Å². The molecule has 0 saturated carbocycles. The Morgan fingerprint density at radius 1 is 1.10 bits per heavy atom. The van der Waals surface area contributed by atoms with Crippen molar-refractivity contribution in [1.29, 1.82) is 0 Å². The molecule has 112 valence electrons. The summed E-state index contributed by atoms with van der Waals surface area (Å²) < 4.78 is 11.5. The van der Waals surface area contributed by atoms with Crippen LogP contribution in [0.2, 0.25) is 5.02 Å². The topological polar surface area (TPSA) is 30.5 Å². The number of methoxy groups -OCH3 is 2. The van der Waals surface area contributed by atoms with Crippen molar-refractivity contribution in [3.05, 3.63) is 57.0 Å². The minimum absolute atomic E-state index is 0.0565. The van der Waals surface area contributed by atoms with Gasteiger partial charge in [-0.25, -0.2) is 0 Å². The fourth-order valence-electron chi connectivity index (χ4n) is 2.24. The van der Waals surface area contributed by atoms with Gasteiger partial charge in [0, 0.05) is 10.5 Å². The summed E-state index contributed by atoms with van der Waals surface area (Å²) >= 11 is 9.88. The number of benzene rings is 2. The van der Waals surface area contributed by atoms with Crippen LogP contribution < -0.4 is 14.8 Å². The molecule has 0 heterocycles. The highest BCUT2D eigenvalue weighted by Gasteiger charge is 2.18. The Morgan fingerprint density at radius 2 is 1.71 bits per heavy atom. The van der Waals surface area contributed by atoms with Crippen LogP contribution in [0.25, 0.3) is 0 Å². The van der Waals surface area contributed by atoms with Gasteiger partial charge in [0.2, 0.25) is 0 Å². The summed E-state index contributed by atoms with van der Waals surface area (Å²) in [6, 6.07) is 11.6. The molecule has 0 aliphatic heterocycles. The third kappa shape index (κ3) is 3.51. The molecule has 0 fully saturated rings. The molecule has 1 N–H and O–H groups in total. The zero-order valence-electron chi connectivity index (χ0n) is 12.1. The van der Waals surface area contributed by atoms with Gasteiger partial charge in [0.1, 0.15) is 11.5 Å². The van der Waals surface area contributed by atoms with Crippen molar-refractivity contribution in [2.24, 2.45) is 0 Å². The number of ether oxygens (including phenoxy) is 2. The zero-order chi connectivity index (χ0) is 15.4. The SMILES string of the molecule is CNC(c1cc(OC)cc(OC)c1)c1cccc(Br)c1Cl. The Hall–Kier alpha value is -1.23. The van der Waals surface area contributed by atoms with Gasteiger partial charge in [0.25, 0.3) is 0 Å². The Kier molecular flexibility index (Phi) is 5.51. The summed E-state index contributed by atoms with van der Waals surface area (Å²) in [5, 5.41) is 3.98. The minimum atomic E-state index is -0.0565. The molecule has 0 saturated heterocycles. The van der Waals surface area contributed by atoms with Crippen LogP contribution in [0.15, 0.2) is 40.9 Å². The van der Waals surface area contributed by atoms with E-state index in [4.69, 9.17) is 21.1 Å². The molecule has 0 aliphatic rings. The first-order chi connectivity index (χ1) is 10.1. The van der Waals surface area contributed by atoms with E-state index < -0.39 is 0 Å². The summed E-state index contributed by atoms with van der Waals surface area (Å²) in [5.41, 5.74) is 2.01. The van der Waals surface area contributed by atoms with Gasteiger partial charge in [-0.15, -0.1) is 0 Å². The van der Waals surface area contributed by atoms with Crippen LogP contribution in [0.5, 0.6) is 11.5 Å². The Labute approximate surface area is 138 Å². The van der Waals surface area contributed by atoms with E-state index in [9.17, 15) is 0 Å². The van der Waals surface area contributed by atoms with Gasteiger partial charge in [-0.05, 0) is 52.3 Å². The lowest BCUT2D eigenvalue weighted by Gasteiger charge is -2.20. The Balaban J connectivity index is 2.53. The van der Waals surface area contributed by atoms with E-state index in [2.05, 4.69) is 21.2 Å². The molecule has 2 aromatic rings. The average molecular weight is 371 g/mol. The minimum Gasteiger partial charge on any atom is -0.497 e. The van der Waals surface area contributed by atoms with Crippen molar-refractivity contribution in [2.45, 2.75) is 6.04 Å². The first-order valence-corrected chi connectivity index (χ1v) is 7.62. The molecule has 0 aliphatic carbocycles. The molecule has 0 amide bonds. The molecule has 5 heteroatoms. The first kappa shape index (κ1) is 16.1. The third-order valence-corrected chi connectivity index (χ3v) is 4.60. The van der Waals surface area contributed by atoms with Gasteiger partial charge in [-0.3, -0.25) is 0 Å². The number of halogens is 2. The molecule has 0 aromatic heterocycles. The third-order valence-electron chi connectivity index (χ3n) is 3.29. The van der Waals surface area contributed by atoms with Crippen LogP contribution in [-0.4, -0.2) is 21.3 Å². The summed E-state index contributed by atoms with van der Waals surface area (Å²) in [4.78, 5) is 0. The molecule has 3 nitrogen and oxygen atoms in total. The standard InChI is InChI=1S/C16H17BrClNO2/c1-19-16(13-5-4-6-14(17)15(13)18)10-7-11(20-2)9-12(8-10)21-3/h4-9,16,19H,1-3H3. The Bertz CT molecular complexity index is 611. The van der Waals surface area contributed by atoms with Crippen LogP contribution >= 0.6 is 27.5 Å². The monoisotopic (exact) mass is 369 g/mol. The predicted octanol–water partition coefficient (Wildman–Crippen LogP) is 4.43. The van der Waals surface area contributed by atoms with Gasteiger partial charge in [-0.2, -0.15) is 0 Å². The van der Waals surface area contributed by atoms with Crippen molar-refractivity contribution < 1.29 is 9.47 Å².